The van der Waals surface area contributed by atoms with Gasteiger partial charge in [0, 0.05) is 33.0 Å². The number of para-hydroxylation sites is 1. The van der Waals surface area contributed by atoms with Gasteiger partial charge in [-0.25, -0.2) is 15.0 Å². The van der Waals surface area contributed by atoms with Gasteiger partial charge in [-0.1, -0.05) is 152 Å². The van der Waals surface area contributed by atoms with E-state index in [1.165, 1.54) is 16.7 Å². The van der Waals surface area contributed by atoms with Crippen LogP contribution in [0, 0.1) is 0 Å². The molecular formula is C49H33N3O. The molecule has 0 unspecified atom stereocenters. The van der Waals surface area contributed by atoms with Crippen molar-refractivity contribution in [2.45, 2.75) is 12.8 Å². The lowest BCUT2D eigenvalue weighted by Crippen LogP contribution is -2.01. The number of nitrogens with zero attached hydrogens (tertiary/aromatic N) is 3. The van der Waals surface area contributed by atoms with Crippen molar-refractivity contribution in [3.8, 4) is 67.5 Å². The first kappa shape index (κ1) is 30.9. The molecule has 0 spiro atoms. The van der Waals surface area contributed by atoms with Crippen LogP contribution in [-0.2, 0) is 6.42 Å². The molecule has 4 heteroatoms. The van der Waals surface area contributed by atoms with Crippen LogP contribution >= 0.6 is 0 Å². The third-order valence-electron chi connectivity index (χ3n) is 10.2. The number of aromatic nitrogens is 3. The number of rotatable bonds is 6. The number of hydrogen-bond donors (Lipinski definition) is 0. The minimum atomic E-state index is 0.626. The van der Waals surface area contributed by atoms with Gasteiger partial charge in [0.2, 0.25) is 0 Å². The molecule has 0 aliphatic heterocycles. The SMILES string of the molecule is C1=Cc2cc(-c3nc(-c4ccc(-c5ccccc5)cc4)nc(-c4cccc(-c5ccc(-c6ccccc6)c6oc7ccccc7c56)c4)n3)ccc2CC1. The molecule has 2 heterocycles. The van der Waals surface area contributed by atoms with Crippen LogP contribution in [0.15, 0.2) is 174 Å². The lowest BCUT2D eigenvalue weighted by atomic mass is 9.94. The summed E-state index contributed by atoms with van der Waals surface area (Å²) in [5, 5.41) is 2.18. The monoisotopic (exact) mass is 679 g/mol. The number of hydrogen-bond acceptors (Lipinski definition) is 4. The van der Waals surface area contributed by atoms with E-state index in [4.69, 9.17) is 19.4 Å². The van der Waals surface area contributed by atoms with Crippen LogP contribution in [0.2, 0.25) is 0 Å². The fourth-order valence-corrected chi connectivity index (χ4v) is 7.51. The van der Waals surface area contributed by atoms with Crippen molar-refractivity contribution in [3.05, 3.63) is 181 Å². The van der Waals surface area contributed by atoms with Gasteiger partial charge >= 0.3 is 0 Å². The maximum absolute atomic E-state index is 6.58. The Morgan fingerprint density at radius 3 is 1.81 bits per heavy atom. The Hall–Kier alpha value is -6.91. The molecule has 4 nitrogen and oxygen atoms in total. The number of aryl methyl sites for hydroxylation is 1. The van der Waals surface area contributed by atoms with Crippen LogP contribution in [-0.4, -0.2) is 15.0 Å². The van der Waals surface area contributed by atoms with Gasteiger partial charge in [0.25, 0.3) is 0 Å². The predicted octanol–water partition coefficient (Wildman–Crippen LogP) is 12.7. The maximum Gasteiger partial charge on any atom is 0.164 e. The van der Waals surface area contributed by atoms with Gasteiger partial charge in [0.15, 0.2) is 17.5 Å². The van der Waals surface area contributed by atoms with E-state index in [1.54, 1.807) is 0 Å². The molecule has 0 radical (unpaired) electrons. The average Bonchev–Trinajstić information content (AvgIpc) is 3.64. The average molecular weight is 680 g/mol. The quantitative estimate of drug-likeness (QED) is 0.175. The third kappa shape index (κ3) is 5.71. The fraction of sp³-hybridized carbons (Fsp3) is 0.0408. The van der Waals surface area contributed by atoms with Gasteiger partial charge in [0.1, 0.15) is 11.2 Å². The molecule has 0 atom stereocenters. The molecule has 0 saturated carbocycles. The van der Waals surface area contributed by atoms with Gasteiger partial charge in [-0.2, -0.15) is 0 Å². The maximum atomic E-state index is 6.58. The highest BCUT2D eigenvalue weighted by Gasteiger charge is 2.19. The normalized spacial score (nSPS) is 12.3. The molecular weight excluding hydrogens is 647 g/mol. The molecule has 7 aromatic carbocycles. The van der Waals surface area contributed by atoms with Gasteiger partial charge in [-0.15, -0.1) is 0 Å². The van der Waals surface area contributed by atoms with Crippen molar-refractivity contribution in [2.75, 3.05) is 0 Å². The summed E-state index contributed by atoms with van der Waals surface area (Å²) in [5.74, 6) is 1.92. The summed E-state index contributed by atoms with van der Waals surface area (Å²) in [6.45, 7) is 0. The minimum Gasteiger partial charge on any atom is -0.455 e. The van der Waals surface area contributed by atoms with Crippen molar-refractivity contribution in [2.24, 2.45) is 0 Å². The Morgan fingerprint density at radius 1 is 0.434 bits per heavy atom. The van der Waals surface area contributed by atoms with E-state index in [9.17, 15) is 0 Å². The second-order valence-electron chi connectivity index (χ2n) is 13.5. The molecule has 0 amide bonds. The smallest absolute Gasteiger partial charge is 0.164 e. The number of furan rings is 1. The molecule has 1 aliphatic carbocycles. The van der Waals surface area contributed by atoms with Crippen LogP contribution in [0.25, 0.3) is 95.6 Å². The van der Waals surface area contributed by atoms with E-state index in [1.807, 2.05) is 24.3 Å². The Balaban J connectivity index is 1.12. The summed E-state index contributed by atoms with van der Waals surface area (Å²) in [4.78, 5) is 15.3. The van der Waals surface area contributed by atoms with E-state index in [2.05, 4.69) is 152 Å². The van der Waals surface area contributed by atoms with Crippen molar-refractivity contribution in [1.82, 2.24) is 15.0 Å². The van der Waals surface area contributed by atoms with Crippen LogP contribution < -0.4 is 0 Å². The molecule has 0 fully saturated rings. The van der Waals surface area contributed by atoms with Crippen LogP contribution in [0.1, 0.15) is 17.5 Å². The second-order valence-corrected chi connectivity index (χ2v) is 13.5. The number of allylic oxidation sites excluding steroid dienone is 1. The molecule has 250 valence electrons. The van der Waals surface area contributed by atoms with Gasteiger partial charge in [0.05, 0.1) is 0 Å². The van der Waals surface area contributed by atoms with Crippen molar-refractivity contribution >= 4 is 28.0 Å². The molecule has 2 aromatic heterocycles. The van der Waals surface area contributed by atoms with Gasteiger partial charge in [-0.05, 0) is 76.1 Å². The Labute approximate surface area is 307 Å². The summed E-state index contributed by atoms with van der Waals surface area (Å²) >= 11 is 0. The Kier molecular flexibility index (Phi) is 7.58. The van der Waals surface area contributed by atoms with E-state index in [-0.39, 0.29) is 0 Å². The highest BCUT2D eigenvalue weighted by Crippen LogP contribution is 2.42. The molecule has 0 saturated heterocycles. The molecule has 53 heavy (non-hydrogen) atoms. The summed E-state index contributed by atoms with van der Waals surface area (Å²) in [7, 11) is 0. The van der Waals surface area contributed by atoms with E-state index < -0.39 is 0 Å². The zero-order valence-electron chi connectivity index (χ0n) is 28.9. The van der Waals surface area contributed by atoms with Crippen LogP contribution in [0.3, 0.4) is 0 Å². The summed E-state index contributed by atoms with van der Waals surface area (Å²) < 4.78 is 6.58. The first-order chi connectivity index (χ1) is 26.2. The molecule has 0 bridgehead atoms. The number of benzene rings is 7. The summed E-state index contributed by atoms with van der Waals surface area (Å²) in [6, 6.07) is 57.1. The van der Waals surface area contributed by atoms with E-state index in [0.29, 0.717) is 17.5 Å². The fourth-order valence-electron chi connectivity index (χ4n) is 7.51. The van der Waals surface area contributed by atoms with E-state index in [0.717, 1.165) is 79.3 Å². The highest BCUT2D eigenvalue weighted by atomic mass is 16.3. The molecule has 9 aromatic rings. The van der Waals surface area contributed by atoms with Crippen molar-refractivity contribution in [1.29, 1.82) is 0 Å². The zero-order valence-corrected chi connectivity index (χ0v) is 28.9. The van der Waals surface area contributed by atoms with Crippen molar-refractivity contribution < 1.29 is 4.42 Å². The lowest BCUT2D eigenvalue weighted by Gasteiger charge is -2.13. The zero-order chi connectivity index (χ0) is 35.1. The van der Waals surface area contributed by atoms with Gasteiger partial charge < -0.3 is 4.42 Å². The van der Waals surface area contributed by atoms with Gasteiger partial charge in [-0.3, -0.25) is 0 Å². The summed E-state index contributed by atoms with van der Waals surface area (Å²) in [5.41, 5.74) is 13.8. The lowest BCUT2D eigenvalue weighted by molar-refractivity contribution is 0.670. The molecule has 10 rings (SSSR count). The molecule has 1 aliphatic rings. The summed E-state index contributed by atoms with van der Waals surface area (Å²) in [6.07, 6.45) is 6.56. The first-order valence-electron chi connectivity index (χ1n) is 18.1. The van der Waals surface area contributed by atoms with Crippen LogP contribution in [0.4, 0.5) is 0 Å². The topological polar surface area (TPSA) is 51.8 Å². The highest BCUT2D eigenvalue weighted by molar-refractivity contribution is 6.16. The second kappa shape index (κ2) is 13.0. The first-order valence-corrected chi connectivity index (χ1v) is 18.1. The van der Waals surface area contributed by atoms with E-state index >= 15 is 0 Å². The Bertz CT molecular complexity index is 2820. The minimum absolute atomic E-state index is 0.626. The van der Waals surface area contributed by atoms with Crippen LogP contribution in [0.5, 0.6) is 0 Å². The Morgan fingerprint density at radius 2 is 1.02 bits per heavy atom. The molecule has 0 N–H and O–H groups in total. The van der Waals surface area contributed by atoms with Crippen molar-refractivity contribution in [3.63, 3.8) is 0 Å². The predicted molar refractivity (Wildman–Crippen MR) is 217 cm³/mol. The number of fused-ring (bicyclic) bond motifs is 4. The standard InChI is InChI=1S/C49H33N3O/c1-3-12-32(13-4-1)34-22-25-36(26-23-34)47-50-48(52-49(51-47)40-27-24-33-14-7-8-17-37(33)30-40)39-19-11-18-38(31-39)41-28-29-42(35-15-5-2-6-16-35)46-45(41)43-20-9-10-21-44(43)53-46/h1-6,8-13,15-31H,7,14H2. The largest absolute Gasteiger partial charge is 0.455 e. The third-order valence-corrected chi connectivity index (χ3v) is 10.2.